The van der Waals surface area contributed by atoms with Gasteiger partial charge in [0.15, 0.2) is 6.23 Å². The fourth-order valence-electron chi connectivity index (χ4n) is 5.08. The van der Waals surface area contributed by atoms with Crippen molar-refractivity contribution in [3.63, 3.8) is 0 Å². The first-order valence-electron chi connectivity index (χ1n) is 16.3. The van der Waals surface area contributed by atoms with Crippen LogP contribution in [-0.4, -0.2) is 67.0 Å². The Morgan fingerprint density at radius 3 is 2.58 bits per heavy atom. The van der Waals surface area contributed by atoms with Gasteiger partial charge in [0, 0.05) is 23.8 Å². The summed E-state index contributed by atoms with van der Waals surface area (Å²) in [4.78, 5) is 0. The maximum Gasteiger partial charge on any atom is 0.250 e. The number of rotatable bonds is 15. The first-order chi connectivity index (χ1) is 21.6. The maximum absolute atomic E-state index is 6.68. The molecule has 1 fully saturated rings. The Labute approximate surface area is 268 Å². The molecule has 4 aromatic rings. The fourth-order valence-corrected chi connectivity index (χ4v) is 6.10. The molecule has 2 aromatic carbocycles. The first-order valence-corrected chi connectivity index (χ1v) is 19.2. The van der Waals surface area contributed by atoms with Crippen LogP contribution in [0.15, 0.2) is 60.9 Å². The Kier molecular flexibility index (Phi) is 11.1. The van der Waals surface area contributed by atoms with E-state index in [-0.39, 0.29) is 17.4 Å². The standard InChI is InChI=1S/C35H50N4O5Si/c1-27(43-26-28-12-8-7-9-13-28)25-41-21-20-40-19-17-38-24-29(23-36-38)34-31-22-30(44-45(5,6)35(2,3)4)15-16-32(31)39(37-34)33-14-10-11-18-42-33/h7-9,12-13,15-16,22-24,27,33H,10-11,14,17-21,25-26H2,1-6H3/t27-,33?/m1/s1. The van der Waals surface area contributed by atoms with Crippen molar-refractivity contribution >= 4 is 19.2 Å². The third kappa shape index (κ3) is 8.83. The lowest BCUT2D eigenvalue weighted by Crippen LogP contribution is -2.43. The lowest BCUT2D eigenvalue weighted by atomic mass is 10.1. The van der Waals surface area contributed by atoms with Gasteiger partial charge in [0.1, 0.15) is 11.4 Å². The molecule has 0 spiro atoms. The van der Waals surface area contributed by atoms with Crippen molar-refractivity contribution in [2.24, 2.45) is 0 Å². The highest BCUT2D eigenvalue weighted by molar-refractivity contribution is 6.74. The van der Waals surface area contributed by atoms with E-state index in [2.05, 4.69) is 69.3 Å². The third-order valence-electron chi connectivity index (χ3n) is 8.76. The number of nitrogens with zero attached hydrogens (tertiary/aromatic N) is 4. The molecule has 0 radical (unpaired) electrons. The molecule has 0 N–H and O–H groups in total. The Balaban J connectivity index is 1.17. The van der Waals surface area contributed by atoms with Crippen molar-refractivity contribution in [1.29, 1.82) is 0 Å². The first kappa shape index (κ1) is 33.3. The molecule has 9 nitrogen and oxygen atoms in total. The zero-order valence-corrected chi connectivity index (χ0v) is 28.8. The number of hydrogen-bond donors (Lipinski definition) is 0. The van der Waals surface area contributed by atoms with Gasteiger partial charge in [-0.1, -0.05) is 51.1 Å². The molecule has 0 bridgehead atoms. The molecule has 0 aliphatic carbocycles. The van der Waals surface area contributed by atoms with Crippen molar-refractivity contribution < 1.29 is 23.4 Å². The van der Waals surface area contributed by atoms with Crippen LogP contribution in [0.3, 0.4) is 0 Å². The lowest BCUT2D eigenvalue weighted by Gasteiger charge is -2.36. The van der Waals surface area contributed by atoms with Crippen LogP contribution in [0.2, 0.25) is 18.1 Å². The van der Waals surface area contributed by atoms with Crippen LogP contribution in [0.5, 0.6) is 5.75 Å². The van der Waals surface area contributed by atoms with Crippen molar-refractivity contribution in [3.8, 4) is 17.0 Å². The Morgan fingerprint density at radius 1 is 1.02 bits per heavy atom. The molecule has 1 unspecified atom stereocenters. The molecule has 244 valence electrons. The zero-order chi connectivity index (χ0) is 31.9. The molecular weight excluding hydrogens is 584 g/mol. The van der Waals surface area contributed by atoms with E-state index in [1.54, 1.807) is 0 Å². The van der Waals surface area contributed by atoms with E-state index in [1.165, 1.54) is 0 Å². The van der Waals surface area contributed by atoms with Crippen LogP contribution in [-0.2, 0) is 32.1 Å². The van der Waals surface area contributed by atoms with Gasteiger partial charge in [-0.3, -0.25) is 4.68 Å². The van der Waals surface area contributed by atoms with E-state index in [4.69, 9.17) is 28.5 Å². The van der Waals surface area contributed by atoms with Crippen molar-refractivity contribution in [1.82, 2.24) is 19.6 Å². The monoisotopic (exact) mass is 634 g/mol. The Hall–Kier alpha value is -3.02. The van der Waals surface area contributed by atoms with Crippen LogP contribution < -0.4 is 4.43 Å². The Bertz CT molecular complexity index is 1490. The summed E-state index contributed by atoms with van der Waals surface area (Å²) < 4.78 is 34.2. The SMILES string of the molecule is C[C@H](COCCOCCn1cc(-c2nn(C3CCCCO3)c3ccc(O[Si](C)(C)C(C)(C)C)cc23)cn1)OCc1ccccc1. The average molecular weight is 635 g/mol. The summed E-state index contributed by atoms with van der Waals surface area (Å²) in [7, 11) is -2.00. The van der Waals surface area contributed by atoms with Crippen molar-refractivity contribution in [3.05, 3.63) is 66.5 Å². The minimum Gasteiger partial charge on any atom is -0.543 e. The molecule has 10 heteroatoms. The Morgan fingerprint density at radius 2 is 1.82 bits per heavy atom. The normalized spacial score (nSPS) is 16.7. The van der Waals surface area contributed by atoms with Crippen molar-refractivity contribution in [2.75, 3.05) is 33.0 Å². The molecule has 5 rings (SSSR count). The van der Waals surface area contributed by atoms with E-state index >= 15 is 0 Å². The average Bonchev–Trinajstić information content (AvgIpc) is 3.64. The maximum atomic E-state index is 6.68. The third-order valence-corrected chi connectivity index (χ3v) is 13.1. The van der Waals surface area contributed by atoms with Crippen LogP contribution in [0, 0.1) is 0 Å². The van der Waals surface area contributed by atoms with Crippen LogP contribution >= 0.6 is 0 Å². The molecule has 1 aliphatic rings. The van der Waals surface area contributed by atoms with Crippen LogP contribution in [0.4, 0.5) is 0 Å². The van der Waals surface area contributed by atoms with Crippen LogP contribution in [0.25, 0.3) is 22.2 Å². The fraction of sp³-hybridized carbons (Fsp3) is 0.543. The van der Waals surface area contributed by atoms with Gasteiger partial charge in [0.25, 0.3) is 0 Å². The van der Waals surface area contributed by atoms with E-state index in [9.17, 15) is 0 Å². The van der Waals surface area contributed by atoms with E-state index in [1.807, 2.05) is 46.9 Å². The quantitative estimate of drug-likeness (QED) is 0.0983. The minimum atomic E-state index is -2.00. The summed E-state index contributed by atoms with van der Waals surface area (Å²) >= 11 is 0. The summed E-state index contributed by atoms with van der Waals surface area (Å²) in [6.07, 6.45) is 7.07. The molecule has 2 atom stereocenters. The zero-order valence-electron chi connectivity index (χ0n) is 27.8. The van der Waals surface area contributed by atoms with Gasteiger partial charge in [-0.05, 0) is 68.1 Å². The number of ether oxygens (including phenoxy) is 4. The molecule has 0 saturated carbocycles. The summed E-state index contributed by atoms with van der Waals surface area (Å²) in [5, 5.41) is 10.9. The largest absolute Gasteiger partial charge is 0.543 e. The number of aromatic nitrogens is 4. The molecule has 1 saturated heterocycles. The highest BCUT2D eigenvalue weighted by atomic mass is 28.4. The van der Waals surface area contributed by atoms with E-state index in [0.717, 1.165) is 59.3 Å². The highest BCUT2D eigenvalue weighted by Gasteiger charge is 2.39. The lowest BCUT2D eigenvalue weighted by molar-refractivity contribution is -0.0365. The van der Waals surface area contributed by atoms with Gasteiger partial charge in [-0.15, -0.1) is 0 Å². The van der Waals surface area contributed by atoms with Gasteiger partial charge < -0.3 is 23.4 Å². The highest BCUT2D eigenvalue weighted by Crippen LogP contribution is 2.39. The second-order valence-corrected chi connectivity index (χ2v) is 18.2. The van der Waals surface area contributed by atoms with Gasteiger partial charge in [-0.25, -0.2) is 4.68 Å². The molecule has 3 heterocycles. The summed E-state index contributed by atoms with van der Waals surface area (Å²) in [5.41, 5.74) is 4.07. The van der Waals surface area contributed by atoms with Gasteiger partial charge >= 0.3 is 0 Å². The van der Waals surface area contributed by atoms with Gasteiger partial charge in [0.05, 0.1) is 57.4 Å². The number of benzene rings is 2. The second kappa shape index (κ2) is 15.0. The summed E-state index contributed by atoms with van der Waals surface area (Å²) in [6.45, 7) is 17.5. The molecular formula is C35H50N4O5Si. The van der Waals surface area contributed by atoms with Gasteiger partial charge in [0.2, 0.25) is 8.32 Å². The summed E-state index contributed by atoms with van der Waals surface area (Å²) in [5.74, 6) is 0.889. The minimum absolute atomic E-state index is 0.0200. The van der Waals surface area contributed by atoms with Gasteiger partial charge in [-0.2, -0.15) is 10.2 Å². The number of fused-ring (bicyclic) bond motifs is 1. The second-order valence-electron chi connectivity index (χ2n) is 13.4. The predicted octanol–water partition coefficient (Wildman–Crippen LogP) is 7.62. The molecule has 1 aliphatic heterocycles. The number of hydrogen-bond acceptors (Lipinski definition) is 7. The van der Waals surface area contributed by atoms with Crippen molar-refractivity contribution in [2.45, 2.75) is 90.6 Å². The smallest absolute Gasteiger partial charge is 0.250 e. The van der Waals surface area contributed by atoms with E-state index < -0.39 is 8.32 Å². The molecule has 45 heavy (non-hydrogen) atoms. The van der Waals surface area contributed by atoms with Crippen LogP contribution in [0.1, 0.15) is 58.7 Å². The summed E-state index contributed by atoms with van der Waals surface area (Å²) in [6, 6.07) is 16.5. The van der Waals surface area contributed by atoms with E-state index in [0.29, 0.717) is 39.6 Å². The predicted molar refractivity (Wildman–Crippen MR) is 180 cm³/mol. The topological polar surface area (TPSA) is 81.8 Å². The molecule has 2 aromatic heterocycles. The molecule has 0 amide bonds.